The Morgan fingerprint density at radius 1 is 0.961 bits per heavy atom. The van der Waals surface area contributed by atoms with E-state index in [0.29, 0.717) is 37.3 Å². The zero-order chi connectivity index (χ0) is 36.6. The van der Waals surface area contributed by atoms with Crippen LogP contribution in [-0.4, -0.2) is 42.8 Å². The molecule has 0 bridgehead atoms. The normalized spacial score (nSPS) is 12.6. The van der Waals surface area contributed by atoms with Gasteiger partial charge in [-0.1, -0.05) is 87.5 Å². The van der Waals surface area contributed by atoms with Gasteiger partial charge in [-0.3, -0.25) is 10.1 Å². The van der Waals surface area contributed by atoms with Crippen LogP contribution >= 0.6 is 0 Å². The summed E-state index contributed by atoms with van der Waals surface area (Å²) in [7, 11) is -2.18. The van der Waals surface area contributed by atoms with Crippen LogP contribution in [0.5, 0.6) is 11.5 Å². The summed E-state index contributed by atoms with van der Waals surface area (Å²) >= 11 is 0. The quantitative estimate of drug-likeness (QED) is 0.0575. The number of H-pyrrole nitrogens is 1. The number of nitrogens with one attached hydrogen (secondary N) is 3. The molecule has 5 N–H and O–H groups in total. The number of ether oxygens (including phenoxy) is 1. The second kappa shape index (κ2) is 16.2. The first-order valence-corrected chi connectivity index (χ1v) is 20.0. The van der Waals surface area contributed by atoms with Crippen molar-refractivity contribution in [1.29, 1.82) is 0 Å². The largest absolute Gasteiger partial charge is 0.506 e. The van der Waals surface area contributed by atoms with Crippen molar-refractivity contribution >= 4 is 37.1 Å². The van der Waals surface area contributed by atoms with E-state index >= 15 is 0 Å². The van der Waals surface area contributed by atoms with Gasteiger partial charge in [0.2, 0.25) is 5.56 Å². The maximum atomic E-state index is 12.0. The highest BCUT2D eigenvalue weighted by Gasteiger charge is 2.39. The molecule has 0 aliphatic heterocycles. The number of aromatic amines is 1. The molecule has 0 unspecified atom stereocenters. The van der Waals surface area contributed by atoms with Gasteiger partial charge in [0.25, 0.3) is 0 Å². The maximum absolute atomic E-state index is 12.0. The molecule has 0 aliphatic rings. The molecule has 5 rings (SSSR count). The standard InChI is InChI=1S/C41H47N3O6Si/c1-41(2,3)51(4,5)50-37(32-19-22-36(45)39-33(32)20-23-38(46)44-39)27-42-26-29-14-17-31(18-15-29)49-24-10-9-11-28-16-21-35(43-40(47)48)34(25-28)30-12-7-6-8-13-30/h6-9,11-23,25,37,42-43,45H,10,24,26-27H2,1-5H3,(H,44,46)(H,47,48)/b11-9+/t37-/m0/s1. The number of anilines is 1. The molecule has 1 heterocycles. The number of phenolic OH excluding ortho intramolecular Hbond substituents is 1. The fraction of sp³-hybridized carbons (Fsp3) is 0.268. The topological polar surface area (TPSA) is 133 Å². The van der Waals surface area contributed by atoms with Gasteiger partial charge in [-0.15, -0.1) is 0 Å². The molecule has 0 saturated carbocycles. The van der Waals surface area contributed by atoms with Crippen molar-refractivity contribution in [1.82, 2.24) is 10.3 Å². The van der Waals surface area contributed by atoms with Gasteiger partial charge in [0.15, 0.2) is 8.32 Å². The molecule has 1 aromatic heterocycles. The van der Waals surface area contributed by atoms with Crippen LogP contribution in [0.3, 0.4) is 0 Å². The first-order valence-electron chi connectivity index (χ1n) is 17.1. The van der Waals surface area contributed by atoms with Gasteiger partial charge in [-0.05, 0) is 83.2 Å². The SMILES string of the molecule is CC(C)(C)[Si](C)(C)O[C@@H](CNCc1ccc(OCC/C=C/c2ccc(NC(=O)O)c(-c3ccccc3)c2)cc1)c1ccc(O)c2[nH]c(=O)ccc12. The number of fused-ring (bicyclic) bond motifs is 1. The second-order valence-corrected chi connectivity index (χ2v) is 18.8. The van der Waals surface area contributed by atoms with Gasteiger partial charge in [0.1, 0.15) is 11.5 Å². The highest BCUT2D eigenvalue weighted by atomic mass is 28.4. The Bertz CT molecular complexity index is 2040. The third-order valence-corrected chi connectivity index (χ3v) is 13.8. The second-order valence-electron chi connectivity index (χ2n) is 14.1. The Morgan fingerprint density at radius 2 is 1.71 bits per heavy atom. The fourth-order valence-corrected chi connectivity index (χ4v) is 6.82. The molecule has 5 aromatic rings. The molecule has 10 heteroatoms. The number of rotatable bonds is 14. The molecule has 0 spiro atoms. The highest BCUT2D eigenvalue weighted by Crippen LogP contribution is 2.41. The monoisotopic (exact) mass is 705 g/mol. The number of amides is 1. The maximum Gasteiger partial charge on any atom is 0.409 e. The van der Waals surface area contributed by atoms with Crippen LogP contribution in [-0.2, 0) is 11.0 Å². The molecule has 266 valence electrons. The Labute approximate surface area is 300 Å². The third-order valence-electron chi connectivity index (χ3n) is 9.31. The Hall–Kier alpha value is -5.16. The van der Waals surface area contributed by atoms with Crippen LogP contribution in [0.4, 0.5) is 10.5 Å². The van der Waals surface area contributed by atoms with Crippen LogP contribution in [0.25, 0.3) is 28.1 Å². The lowest BCUT2D eigenvalue weighted by Crippen LogP contribution is -2.43. The lowest BCUT2D eigenvalue weighted by Gasteiger charge is -2.39. The fourth-order valence-electron chi connectivity index (χ4n) is 5.55. The molecule has 0 radical (unpaired) electrons. The zero-order valence-electron chi connectivity index (χ0n) is 29.8. The van der Waals surface area contributed by atoms with Crippen molar-refractivity contribution in [3.05, 3.63) is 130 Å². The number of benzene rings is 4. The van der Waals surface area contributed by atoms with Gasteiger partial charge in [0, 0.05) is 30.1 Å². The van der Waals surface area contributed by atoms with E-state index in [9.17, 15) is 19.8 Å². The van der Waals surface area contributed by atoms with E-state index in [2.05, 4.69) is 49.5 Å². The molecular formula is C41H47N3O6Si. The van der Waals surface area contributed by atoms with Gasteiger partial charge < -0.3 is 29.7 Å². The number of hydrogen-bond acceptors (Lipinski definition) is 6. The number of pyridine rings is 1. The average molecular weight is 706 g/mol. The minimum absolute atomic E-state index is 0.00351. The van der Waals surface area contributed by atoms with Crippen molar-refractivity contribution in [2.24, 2.45) is 0 Å². The summed E-state index contributed by atoms with van der Waals surface area (Å²) in [5, 5.41) is 26.5. The summed E-state index contributed by atoms with van der Waals surface area (Å²) in [5.41, 5.74) is 5.41. The van der Waals surface area contributed by atoms with E-state index in [1.165, 1.54) is 6.07 Å². The summed E-state index contributed by atoms with van der Waals surface area (Å²) in [6.07, 6.45) is 3.37. The highest BCUT2D eigenvalue weighted by molar-refractivity contribution is 6.74. The lowest BCUT2D eigenvalue weighted by molar-refractivity contribution is 0.181. The summed E-state index contributed by atoms with van der Waals surface area (Å²) in [6.45, 7) is 12.7. The van der Waals surface area contributed by atoms with E-state index < -0.39 is 14.4 Å². The molecular weight excluding hydrogens is 659 g/mol. The van der Waals surface area contributed by atoms with Crippen molar-refractivity contribution in [3.8, 4) is 22.6 Å². The Balaban J connectivity index is 1.17. The zero-order valence-corrected chi connectivity index (χ0v) is 30.8. The molecule has 1 atom stereocenters. The smallest absolute Gasteiger partial charge is 0.409 e. The average Bonchev–Trinajstić information content (AvgIpc) is 3.09. The minimum atomic E-state index is -2.18. The van der Waals surface area contributed by atoms with Crippen LogP contribution in [0, 0.1) is 0 Å². The van der Waals surface area contributed by atoms with Crippen LogP contribution in [0.2, 0.25) is 18.1 Å². The summed E-state index contributed by atoms with van der Waals surface area (Å²) < 4.78 is 12.9. The van der Waals surface area contributed by atoms with E-state index in [1.807, 2.05) is 84.9 Å². The van der Waals surface area contributed by atoms with E-state index in [-0.39, 0.29) is 22.5 Å². The van der Waals surface area contributed by atoms with Crippen LogP contribution < -0.4 is 20.9 Å². The molecule has 1 amide bonds. The van der Waals surface area contributed by atoms with Gasteiger partial charge >= 0.3 is 6.09 Å². The third kappa shape index (κ3) is 9.76. The Morgan fingerprint density at radius 3 is 2.41 bits per heavy atom. The van der Waals surface area contributed by atoms with Crippen molar-refractivity contribution in [2.75, 3.05) is 18.5 Å². The number of aromatic nitrogens is 1. The van der Waals surface area contributed by atoms with E-state index in [1.54, 1.807) is 18.2 Å². The molecule has 9 nitrogen and oxygen atoms in total. The number of carboxylic acid groups (broad SMARTS) is 1. The van der Waals surface area contributed by atoms with Gasteiger partial charge in [-0.25, -0.2) is 4.79 Å². The van der Waals surface area contributed by atoms with Crippen molar-refractivity contribution in [3.63, 3.8) is 0 Å². The number of aromatic hydroxyl groups is 1. The predicted molar refractivity (Wildman–Crippen MR) is 208 cm³/mol. The Kier molecular flexibility index (Phi) is 11.8. The van der Waals surface area contributed by atoms with E-state index in [0.717, 1.165) is 39.0 Å². The van der Waals surface area contributed by atoms with Crippen molar-refractivity contribution in [2.45, 2.75) is 58.0 Å². The summed E-state index contributed by atoms with van der Waals surface area (Å²) in [4.78, 5) is 26.1. The lowest BCUT2D eigenvalue weighted by atomic mass is 10.0. The number of phenols is 1. The summed E-state index contributed by atoms with van der Waals surface area (Å²) in [5.74, 6) is 0.814. The first kappa shape index (κ1) is 37.1. The predicted octanol–water partition coefficient (Wildman–Crippen LogP) is 9.33. The minimum Gasteiger partial charge on any atom is -0.506 e. The van der Waals surface area contributed by atoms with Gasteiger partial charge in [0.05, 0.1) is 23.9 Å². The van der Waals surface area contributed by atoms with Crippen molar-refractivity contribution < 1.29 is 24.2 Å². The molecule has 0 fully saturated rings. The molecule has 4 aromatic carbocycles. The molecule has 51 heavy (non-hydrogen) atoms. The summed E-state index contributed by atoms with van der Waals surface area (Å²) in [6, 6.07) is 30.1. The van der Waals surface area contributed by atoms with Gasteiger partial charge in [-0.2, -0.15) is 0 Å². The van der Waals surface area contributed by atoms with Crippen LogP contribution in [0.1, 0.15) is 50.0 Å². The first-order chi connectivity index (χ1) is 24.3. The number of hydrogen-bond donors (Lipinski definition) is 5. The van der Waals surface area contributed by atoms with Crippen LogP contribution in [0.15, 0.2) is 108 Å². The number of carbonyl (C=O) groups is 1. The van der Waals surface area contributed by atoms with E-state index in [4.69, 9.17) is 9.16 Å². The molecule has 0 saturated heterocycles. The molecule has 0 aliphatic carbocycles.